The second-order valence-electron chi connectivity index (χ2n) is 3.11. The Morgan fingerprint density at radius 1 is 1.47 bits per heavy atom. The third-order valence-corrected chi connectivity index (χ3v) is 2.53. The normalized spacial score (nSPS) is 10.5. The standard InChI is InChI=1S/C8H5Cl2N5O2/c1-4-5(9)3-14(13-4)7-6(15(16)17)2-11-8(10)12-7/h2-3H,1H3. The summed E-state index contributed by atoms with van der Waals surface area (Å²) in [5, 5.41) is 15.1. The van der Waals surface area contributed by atoms with E-state index in [0.29, 0.717) is 10.7 Å². The Hall–Kier alpha value is -1.73. The lowest BCUT2D eigenvalue weighted by Crippen LogP contribution is -2.05. The molecule has 0 unspecified atom stereocenters. The van der Waals surface area contributed by atoms with Crippen molar-refractivity contribution in [1.82, 2.24) is 19.7 Å². The first-order chi connectivity index (χ1) is 7.99. The van der Waals surface area contributed by atoms with Crippen molar-refractivity contribution in [2.75, 3.05) is 0 Å². The van der Waals surface area contributed by atoms with Gasteiger partial charge in [0.25, 0.3) is 0 Å². The maximum Gasteiger partial charge on any atom is 0.331 e. The third-order valence-electron chi connectivity index (χ3n) is 1.97. The highest BCUT2D eigenvalue weighted by atomic mass is 35.5. The zero-order valence-electron chi connectivity index (χ0n) is 8.46. The fourth-order valence-electron chi connectivity index (χ4n) is 1.19. The molecule has 2 aromatic rings. The number of hydrogen-bond donors (Lipinski definition) is 0. The molecule has 0 fully saturated rings. The Bertz CT molecular complexity index is 578. The summed E-state index contributed by atoms with van der Waals surface area (Å²) in [5.74, 6) is -0.0231. The predicted molar refractivity (Wildman–Crippen MR) is 60.6 cm³/mol. The van der Waals surface area contributed by atoms with Crippen molar-refractivity contribution in [3.8, 4) is 5.82 Å². The van der Waals surface area contributed by atoms with Gasteiger partial charge < -0.3 is 0 Å². The molecule has 2 aromatic heterocycles. The van der Waals surface area contributed by atoms with Gasteiger partial charge in [-0.3, -0.25) is 10.1 Å². The van der Waals surface area contributed by atoms with Crippen LogP contribution >= 0.6 is 23.2 Å². The van der Waals surface area contributed by atoms with E-state index in [1.807, 2.05) is 0 Å². The van der Waals surface area contributed by atoms with Gasteiger partial charge in [0.2, 0.25) is 11.1 Å². The molecule has 2 rings (SSSR count). The van der Waals surface area contributed by atoms with Gasteiger partial charge in [-0.05, 0) is 18.5 Å². The van der Waals surface area contributed by atoms with E-state index in [4.69, 9.17) is 23.2 Å². The van der Waals surface area contributed by atoms with Gasteiger partial charge in [0.15, 0.2) is 0 Å². The first-order valence-corrected chi connectivity index (χ1v) is 5.13. The fraction of sp³-hybridized carbons (Fsp3) is 0.125. The molecule has 0 bridgehead atoms. The van der Waals surface area contributed by atoms with Crippen molar-refractivity contribution >= 4 is 28.9 Å². The quantitative estimate of drug-likeness (QED) is 0.476. The van der Waals surface area contributed by atoms with Crippen molar-refractivity contribution in [1.29, 1.82) is 0 Å². The summed E-state index contributed by atoms with van der Waals surface area (Å²) >= 11 is 11.4. The molecule has 0 spiro atoms. The van der Waals surface area contributed by atoms with E-state index in [1.54, 1.807) is 6.92 Å². The second kappa shape index (κ2) is 4.27. The number of halogens is 2. The number of aromatic nitrogens is 4. The second-order valence-corrected chi connectivity index (χ2v) is 3.86. The minimum Gasteiger partial charge on any atom is -0.258 e. The number of nitro groups is 1. The molecule has 88 valence electrons. The van der Waals surface area contributed by atoms with Gasteiger partial charge in [-0.2, -0.15) is 10.1 Å². The molecule has 7 nitrogen and oxygen atoms in total. The molecule has 0 aliphatic rings. The van der Waals surface area contributed by atoms with Crippen LogP contribution in [0.3, 0.4) is 0 Å². The van der Waals surface area contributed by atoms with Gasteiger partial charge in [-0.25, -0.2) is 9.67 Å². The van der Waals surface area contributed by atoms with E-state index in [2.05, 4.69) is 15.1 Å². The van der Waals surface area contributed by atoms with E-state index in [9.17, 15) is 10.1 Å². The zero-order valence-corrected chi connectivity index (χ0v) is 9.98. The third kappa shape index (κ3) is 2.20. The monoisotopic (exact) mass is 273 g/mol. The first kappa shape index (κ1) is 11.7. The predicted octanol–water partition coefficient (Wildman–Crippen LogP) is 2.19. The lowest BCUT2D eigenvalue weighted by Gasteiger charge is -2.01. The number of rotatable bonds is 2. The summed E-state index contributed by atoms with van der Waals surface area (Å²) in [4.78, 5) is 17.5. The maximum atomic E-state index is 10.8. The summed E-state index contributed by atoms with van der Waals surface area (Å²) in [6, 6.07) is 0. The van der Waals surface area contributed by atoms with Crippen LogP contribution in [0.2, 0.25) is 10.3 Å². The summed E-state index contributed by atoms with van der Waals surface area (Å²) in [6.45, 7) is 1.67. The molecular formula is C8H5Cl2N5O2. The summed E-state index contributed by atoms with van der Waals surface area (Å²) in [6.07, 6.45) is 2.44. The van der Waals surface area contributed by atoms with Crippen LogP contribution in [0.25, 0.3) is 5.82 Å². The SMILES string of the molecule is Cc1nn(-c2nc(Cl)ncc2[N+](=O)[O-])cc1Cl. The van der Waals surface area contributed by atoms with Gasteiger partial charge >= 0.3 is 5.69 Å². The molecular weight excluding hydrogens is 269 g/mol. The van der Waals surface area contributed by atoms with E-state index in [0.717, 1.165) is 6.20 Å². The number of hydrogen-bond acceptors (Lipinski definition) is 5. The fourth-order valence-corrected chi connectivity index (χ4v) is 1.45. The van der Waals surface area contributed by atoms with Gasteiger partial charge in [0, 0.05) is 0 Å². The van der Waals surface area contributed by atoms with E-state index in [-0.39, 0.29) is 16.8 Å². The van der Waals surface area contributed by atoms with Crippen molar-refractivity contribution in [2.24, 2.45) is 0 Å². The smallest absolute Gasteiger partial charge is 0.258 e. The van der Waals surface area contributed by atoms with Gasteiger partial charge in [-0.15, -0.1) is 0 Å². The van der Waals surface area contributed by atoms with Crippen molar-refractivity contribution < 1.29 is 4.92 Å². The molecule has 0 saturated heterocycles. The summed E-state index contributed by atoms with van der Waals surface area (Å²) in [7, 11) is 0. The Labute approximate surface area is 105 Å². The van der Waals surface area contributed by atoms with E-state index < -0.39 is 4.92 Å². The summed E-state index contributed by atoms with van der Waals surface area (Å²) in [5.41, 5.74) is 0.240. The lowest BCUT2D eigenvalue weighted by atomic mass is 10.5. The molecule has 0 saturated carbocycles. The average molecular weight is 274 g/mol. The molecule has 0 amide bonds. The highest BCUT2D eigenvalue weighted by molar-refractivity contribution is 6.31. The maximum absolute atomic E-state index is 10.8. The van der Waals surface area contributed by atoms with Crippen LogP contribution in [-0.2, 0) is 0 Å². The molecule has 0 radical (unpaired) electrons. The molecule has 0 atom stereocenters. The average Bonchev–Trinajstić information content (AvgIpc) is 2.58. The van der Waals surface area contributed by atoms with Crippen molar-refractivity contribution in [3.63, 3.8) is 0 Å². The van der Waals surface area contributed by atoms with Crippen molar-refractivity contribution in [3.05, 3.63) is 38.5 Å². The Kier molecular flexibility index (Phi) is 2.95. The largest absolute Gasteiger partial charge is 0.331 e. The minimum absolute atomic E-state index is 0.0231. The van der Waals surface area contributed by atoms with E-state index >= 15 is 0 Å². The van der Waals surface area contributed by atoms with E-state index in [1.165, 1.54) is 10.9 Å². The Balaban J connectivity index is 2.64. The summed E-state index contributed by atoms with van der Waals surface area (Å²) < 4.78 is 1.20. The molecule has 9 heteroatoms. The van der Waals surface area contributed by atoms with Crippen LogP contribution in [0, 0.1) is 17.0 Å². The molecule has 0 aromatic carbocycles. The first-order valence-electron chi connectivity index (χ1n) is 4.38. The molecule has 2 heterocycles. The topological polar surface area (TPSA) is 86.7 Å². The molecule has 0 N–H and O–H groups in total. The van der Waals surface area contributed by atoms with Gasteiger partial charge in [0.05, 0.1) is 21.8 Å². The van der Waals surface area contributed by atoms with Crippen LogP contribution in [0.4, 0.5) is 5.69 Å². The zero-order chi connectivity index (χ0) is 12.6. The van der Waals surface area contributed by atoms with Crippen LogP contribution in [0.15, 0.2) is 12.4 Å². The van der Waals surface area contributed by atoms with Crippen LogP contribution in [0.1, 0.15) is 5.69 Å². The Morgan fingerprint density at radius 3 is 2.71 bits per heavy atom. The molecule has 0 aliphatic carbocycles. The molecule has 0 aliphatic heterocycles. The van der Waals surface area contributed by atoms with Crippen LogP contribution in [-0.4, -0.2) is 24.7 Å². The van der Waals surface area contributed by atoms with Crippen LogP contribution < -0.4 is 0 Å². The highest BCUT2D eigenvalue weighted by Gasteiger charge is 2.20. The highest BCUT2D eigenvalue weighted by Crippen LogP contribution is 2.23. The van der Waals surface area contributed by atoms with Gasteiger partial charge in [-0.1, -0.05) is 11.6 Å². The number of nitrogens with zero attached hydrogens (tertiary/aromatic N) is 5. The minimum atomic E-state index is -0.615. The van der Waals surface area contributed by atoms with Crippen molar-refractivity contribution in [2.45, 2.75) is 6.92 Å². The molecule has 17 heavy (non-hydrogen) atoms. The Morgan fingerprint density at radius 2 is 2.18 bits per heavy atom. The number of aryl methyl sites for hydroxylation is 1. The van der Waals surface area contributed by atoms with Crippen LogP contribution in [0.5, 0.6) is 0 Å². The van der Waals surface area contributed by atoms with Gasteiger partial charge in [0.1, 0.15) is 6.20 Å². The lowest BCUT2D eigenvalue weighted by molar-refractivity contribution is -0.385.